The van der Waals surface area contributed by atoms with Gasteiger partial charge in [0.1, 0.15) is 0 Å². The molecule has 0 radical (unpaired) electrons. The number of imide groups is 1. The molecule has 1 aliphatic heterocycles. The van der Waals surface area contributed by atoms with Crippen LogP contribution in [0.3, 0.4) is 0 Å². The number of likely N-dealkylation sites (tertiary alicyclic amines) is 1. The minimum Gasteiger partial charge on any atom is -0.285 e. The van der Waals surface area contributed by atoms with Gasteiger partial charge in [0.2, 0.25) is 11.8 Å². The van der Waals surface area contributed by atoms with E-state index in [1.165, 1.54) is 4.90 Å². The van der Waals surface area contributed by atoms with E-state index in [4.69, 9.17) is 0 Å². The molecule has 0 aromatic carbocycles. The van der Waals surface area contributed by atoms with Gasteiger partial charge in [0.25, 0.3) is 0 Å². The Morgan fingerprint density at radius 1 is 1.24 bits per heavy atom. The van der Waals surface area contributed by atoms with Gasteiger partial charge in [0, 0.05) is 11.8 Å². The van der Waals surface area contributed by atoms with Crippen LogP contribution >= 0.6 is 0 Å². The molecule has 1 aromatic heterocycles. The summed E-state index contributed by atoms with van der Waals surface area (Å²) in [6.45, 7) is 0.362. The highest BCUT2D eigenvalue weighted by atomic mass is 16.2. The zero-order valence-electron chi connectivity index (χ0n) is 9.56. The van der Waals surface area contributed by atoms with E-state index in [0.717, 1.165) is 31.2 Å². The van der Waals surface area contributed by atoms with Crippen LogP contribution < -0.4 is 0 Å². The van der Waals surface area contributed by atoms with Crippen LogP contribution in [-0.2, 0) is 16.1 Å². The fourth-order valence-electron chi connectivity index (χ4n) is 2.93. The summed E-state index contributed by atoms with van der Waals surface area (Å²) in [7, 11) is 0. The molecule has 1 saturated carbocycles. The number of aromatic nitrogens is 2. The van der Waals surface area contributed by atoms with E-state index < -0.39 is 0 Å². The molecule has 5 nitrogen and oxygen atoms in total. The van der Waals surface area contributed by atoms with Crippen molar-refractivity contribution in [1.29, 1.82) is 0 Å². The minimum atomic E-state index is -0.0526. The highest BCUT2D eigenvalue weighted by Gasteiger charge is 2.47. The average Bonchev–Trinajstić information content (AvgIpc) is 2.94. The van der Waals surface area contributed by atoms with E-state index in [1.807, 2.05) is 0 Å². The van der Waals surface area contributed by atoms with Gasteiger partial charge in [-0.25, -0.2) is 0 Å². The lowest BCUT2D eigenvalue weighted by atomic mass is 9.81. The monoisotopic (exact) mass is 233 g/mol. The van der Waals surface area contributed by atoms with E-state index in [2.05, 4.69) is 10.2 Å². The molecule has 2 unspecified atom stereocenters. The van der Waals surface area contributed by atoms with Crippen LogP contribution in [0.25, 0.3) is 0 Å². The Kier molecular flexibility index (Phi) is 2.46. The van der Waals surface area contributed by atoms with E-state index in [0.29, 0.717) is 6.54 Å². The van der Waals surface area contributed by atoms with Crippen LogP contribution in [0, 0.1) is 11.8 Å². The molecule has 1 N–H and O–H groups in total. The normalized spacial score (nSPS) is 28.6. The Morgan fingerprint density at radius 2 is 1.88 bits per heavy atom. The van der Waals surface area contributed by atoms with Gasteiger partial charge >= 0.3 is 0 Å². The number of nitrogens with zero attached hydrogens (tertiary/aromatic N) is 2. The summed E-state index contributed by atoms with van der Waals surface area (Å²) in [4.78, 5) is 25.7. The van der Waals surface area contributed by atoms with Crippen molar-refractivity contribution in [2.24, 2.45) is 11.8 Å². The molecule has 3 rings (SSSR count). The summed E-state index contributed by atoms with van der Waals surface area (Å²) < 4.78 is 0. The van der Waals surface area contributed by atoms with Crippen molar-refractivity contribution in [1.82, 2.24) is 15.1 Å². The predicted octanol–water partition coefficient (Wildman–Crippen LogP) is 1.08. The van der Waals surface area contributed by atoms with Gasteiger partial charge in [-0.1, -0.05) is 12.8 Å². The van der Waals surface area contributed by atoms with Crippen molar-refractivity contribution in [3.63, 3.8) is 0 Å². The summed E-state index contributed by atoms with van der Waals surface area (Å²) in [5.74, 6) is -0.0758. The fraction of sp³-hybridized carbons (Fsp3) is 0.583. The summed E-state index contributed by atoms with van der Waals surface area (Å²) in [6.07, 6.45) is 7.26. The summed E-state index contributed by atoms with van der Waals surface area (Å²) >= 11 is 0. The standard InChI is InChI=1S/C12H15N3O2/c16-11-9-3-1-2-4-10(9)12(17)15(11)7-8-5-13-14-6-8/h5-6,9-10H,1-4,7H2,(H,13,14). The maximum absolute atomic E-state index is 12.2. The number of fused-ring (bicyclic) bond motifs is 1. The molecule has 0 bridgehead atoms. The van der Waals surface area contributed by atoms with Gasteiger partial charge in [-0.2, -0.15) is 5.10 Å². The van der Waals surface area contributed by atoms with E-state index >= 15 is 0 Å². The van der Waals surface area contributed by atoms with Gasteiger partial charge in [-0.3, -0.25) is 19.6 Å². The zero-order chi connectivity index (χ0) is 11.8. The molecular formula is C12H15N3O2. The molecule has 2 atom stereocenters. The molecule has 1 saturated heterocycles. The van der Waals surface area contributed by atoms with Crippen LogP contribution in [0.5, 0.6) is 0 Å². The predicted molar refractivity (Wildman–Crippen MR) is 59.6 cm³/mol. The Morgan fingerprint density at radius 3 is 2.41 bits per heavy atom. The Hall–Kier alpha value is -1.65. The maximum Gasteiger partial charge on any atom is 0.233 e. The van der Waals surface area contributed by atoms with Crippen molar-refractivity contribution < 1.29 is 9.59 Å². The van der Waals surface area contributed by atoms with Crippen molar-refractivity contribution in [3.8, 4) is 0 Å². The summed E-state index contributed by atoms with van der Waals surface area (Å²) in [5.41, 5.74) is 0.880. The van der Waals surface area contributed by atoms with Crippen molar-refractivity contribution in [3.05, 3.63) is 18.0 Å². The number of nitrogens with one attached hydrogen (secondary N) is 1. The van der Waals surface area contributed by atoms with Crippen LogP contribution in [0.1, 0.15) is 31.2 Å². The van der Waals surface area contributed by atoms with Gasteiger partial charge in [0.05, 0.1) is 24.6 Å². The van der Waals surface area contributed by atoms with Crippen molar-refractivity contribution in [2.75, 3.05) is 0 Å². The second-order valence-corrected chi connectivity index (χ2v) is 4.87. The lowest BCUT2D eigenvalue weighted by molar-refractivity contribution is -0.140. The number of rotatable bonds is 2. The van der Waals surface area contributed by atoms with Crippen LogP contribution in [-0.4, -0.2) is 26.9 Å². The molecule has 1 aliphatic carbocycles. The Bertz CT molecular complexity index is 417. The molecule has 17 heavy (non-hydrogen) atoms. The minimum absolute atomic E-state index is 0.0147. The largest absolute Gasteiger partial charge is 0.285 e. The zero-order valence-corrected chi connectivity index (χ0v) is 9.56. The summed E-state index contributed by atoms with van der Waals surface area (Å²) in [5, 5.41) is 6.53. The first-order valence-electron chi connectivity index (χ1n) is 6.10. The van der Waals surface area contributed by atoms with E-state index in [1.54, 1.807) is 12.4 Å². The third kappa shape index (κ3) is 1.66. The lowest BCUT2D eigenvalue weighted by Gasteiger charge is -2.19. The molecular weight excluding hydrogens is 218 g/mol. The Balaban J connectivity index is 1.81. The van der Waals surface area contributed by atoms with E-state index in [9.17, 15) is 9.59 Å². The van der Waals surface area contributed by atoms with Crippen LogP contribution in [0.4, 0.5) is 0 Å². The van der Waals surface area contributed by atoms with Crippen LogP contribution in [0.15, 0.2) is 12.4 Å². The molecule has 1 aromatic rings. The van der Waals surface area contributed by atoms with Crippen LogP contribution in [0.2, 0.25) is 0 Å². The Labute approximate surface area is 99.2 Å². The lowest BCUT2D eigenvalue weighted by Crippen LogP contribution is -2.30. The molecule has 2 fully saturated rings. The first-order chi connectivity index (χ1) is 8.27. The number of aromatic amines is 1. The van der Waals surface area contributed by atoms with E-state index in [-0.39, 0.29) is 23.7 Å². The van der Waals surface area contributed by atoms with Gasteiger partial charge in [-0.15, -0.1) is 0 Å². The second-order valence-electron chi connectivity index (χ2n) is 4.87. The summed E-state index contributed by atoms with van der Waals surface area (Å²) in [6, 6.07) is 0. The second kappa shape index (κ2) is 3.98. The average molecular weight is 233 g/mol. The van der Waals surface area contributed by atoms with Crippen molar-refractivity contribution in [2.45, 2.75) is 32.2 Å². The number of H-pyrrole nitrogens is 1. The number of carbonyl (C=O) groups is 2. The third-order valence-corrected chi connectivity index (χ3v) is 3.83. The fourth-order valence-corrected chi connectivity index (χ4v) is 2.93. The third-order valence-electron chi connectivity index (χ3n) is 3.83. The smallest absolute Gasteiger partial charge is 0.233 e. The molecule has 2 heterocycles. The van der Waals surface area contributed by atoms with Gasteiger partial charge < -0.3 is 0 Å². The van der Waals surface area contributed by atoms with Gasteiger partial charge in [-0.05, 0) is 12.8 Å². The quantitative estimate of drug-likeness (QED) is 0.777. The van der Waals surface area contributed by atoms with Gasteiger partial charge in [0.15, 0.2) is 0 Å². The maximum atomic E-state index is 12.2. The van der Waals surface area contributed by atoms with Crippen molar-refractivity contribution >= 4 is 11.8 Å². The molecule has 2 amide bonds. The molecule has 90 valence electrons. The topological polar surface area (TPSA) is 66.1 Å². The first-order valence-corrected chi connectivity index (χ1v) is 6.10. The SMILES string of the molecule is O=C1C2CCCCC2C(=O)N1Cc1cn[nH]c1. The number of hydrogen-bond donors (Lipinski definition) is 1. The number of hydrogen-bond acceptors (Lipinski definition) is 3. The molecule has 2 aliphatic rings. The molecule has 0 spiro atoms. The highest BCUT2D eigenvalue weighted by molar-refractivity contribution is 6.05. The number of carbonyl (C=O) groups excluding carboxylic acids is 2. The molecule has 5 heteroatoms. The first kappa shape index (κ1) is 10.5. The highest BCUT2D eigenvalue weighted by Crippen LogP contribution is 2.38. The number of amides is 2.